The third-order valence-corrected chi connectivity index (χ3v) is 4.06. The number of amides is 1. The zero-order valence-electron chi connectivity index (χ0n) is 15.3. The van der Waals surface area contributed by atoms with E-state index in [1.54, 1.807) is 0 Å². The number of nitro groups is 1. The van der Waals surface area contributed by atoms with Crippen molar-refractivity contribution < 1.29 is 28.7 Å². The number of benzene rings is 2. The number of carbonyl (C=O) groups is 1. The molecule has 9 heteroatoms. The fourth-order valence-electron chi connectivity index (χ4n) is 2.67. The Labute approximate surface area is 161 Å². The third kappa shape index (κ3) is 4.81. The van der Waals surface area contributed by atoms with E-state index in [1.165, 1.54) is 25.3 Å². The highest BCUT2D eigenvalue weighted by Crippen LogP contribution is 2.31. The molecule has 0 aromatic heterocycles. The molecule has 0 saturated carbocycles. The Kier molecular flexibility index (Phi) is 6.15. The van der Waals surface area contributed by atoms with Gasteiger partial charge in [-0.3, -0.25) is 14.9 Å². The largest absolute Gasteiger partial charge is 0.496 e. The van der Waals surface area contributed by atoms with Gasteiger partial charge in [-0.05, 0) is 36.2 Å². The van der Waals surface area contributed by atoms with Gasteiger partial charge in [-0.2, -0.15) is 0 Å². The van der Waals surface area contributed by atoms with E-state index in [-0.39, 0.29) is 24.0 Å². The first-order valence-corrected chi connectivity index (χ1v) is 8.67. The van der Waals surface area contributed by atoms with E-state index in [1.807, 2.05) is 18.2 Å². The molecule has 1 heterocycles. The first-order valence-electron chi connectivity index (χ1n) is 8.67. The molecule has 3 rings (SSSR count). The number of fused-ring (bicyclic) bond motifs is 1. The molecule has 0 bridgehead atoms. The number of nitro benzene ring substituents is 1. The summed E-state index contributed by atoms with van der Waals surface area (Å²) in [4.78, 5) is 22.5. The Balaban J connectivity index is 1.48. The van der Waals surface area contributed by atoms with Gasteiger partial charge in [0, 0.05) is 6.54 Å². The molecule has 1 aliphatic rings. The average molecular weight is 388 g/mol. The Morgan fingerprint density at radius 2 is 1.96 bits per heavy atom. The molecule has 0 saturated heterocycles. The van der Waals surface area contributed by atoms with Crippen molar-refractivity contribution in [2.24, 2.45) is 0 Å². The summed E-state index contributed by atoms with van der Waals surface area (Å²) in [7, 11) is 1.41. The van der Waals surface area contributed by atoms with Crippen molar-refractivity contribution >= 4 is 11.6 Å². The number of ether oxygens (including phenoxy) is 4. The first kappa shape index (κ1) is 19.3. The molecule has 0 aliphatic carbocycles. The van der Waals surface area contributed by atoms with Crippen LogP contribution in [0.5, 0.6) is 23.0 Å². The lowest BCUT2D eigenvalue weighted by atomic mass is 10.1. The van der Waals surface area contributed by atoms with E-state index in [2.05, 4.69) is 5.32 Å². The standard InChI is InChI=1S/C19H20N2O7/c1-25-14-3-5-16(15(11-14)21(23)24)28-12-19(22)20-7-6-13-2-4-17-18(10-13)27-9-8-26-17/h2-5,10-11H,6-9,12H2,1H3,(H,20,22). The predicted molar refractivity (Wildman–Crippen MR) is 99.3 cm³/mol. The van der Waals surface area contributed by atoms with Crippen molar-refractivity contribution in [2.45, 2.75) is 6.42 Å². The van der Waals surface area contributed by atoms with Crippen LogP contribution in [0.25, 0.3) is 0 Å². The fraction of sp³-hybridized carbons (Fsp3) is 0.316. The number of carbonyl (C=O) groups excluding carboxylic acids is 1. The first-order chi connectivity index (χ1) is 13.6. The fourth-order valence-corrected chi connectivity index (χ4v) is 2.67. The lowest BCUT2D eigenvalue weighted by Crippen LogP contribution is -2.30. The van der Waals surface area contributed by atoms with Gasteiger partial charge in [0.15, 0.2) is 23.9 Å². The van der Waals surface area contributed by atoms with Crippen molar-refractivity contribution in [3.8, 4) is 23.0 Å². The second kappa shape index (κ2) is 8.94. The molecule has 2 aromatic rings. The molecule has 2 aromatic carbocycles. The van der Waals surface area contributed by atoms with E-state index < -0.39 is 4.92 Å². The second-order valence-electron chi connectivity index (χ2n) is 5.96. The Morgan fingerprint density at radius 3 is 2.71 bits per heavy atom. The van der Waals surface area contributed by atoms with Gasteiger partial charge in [0.25, 0.3) is 5.91 Å². The number of rotatable bonds is 8. The summed E-state index contributed by atoms with van der Waals surface area (Å²) in [6.45, 7) is 1.12. The van der Waals surface area contributed by atoms with Gasteiger partial charge in [0.2, 0.25) is 0 Å². The second-order valence-corrected chi connectivity index (χ2v) is 5.96. The lowest BCUT2D eigenvalue weighted by Gasteiger charge is -2.18. The minimum Gasteiger partial charge on any atom is -0.496 e. The third-order valence-electron chi connectivity index (χ3n) is 4.06. The number of nitrogens with one attached hydrogen (secondary N) is 1. The predicted octanol–water partition coefficient (Wildman–Crippen LogP) is 2.11. The summed E-state index contributed by atoms with van der Waals surface area (Å²) in [6, 6.07) is 9.82. The quantitative estimate of drug-likeness (QED) is 0.545. The summed E-state index contributed by atoms with van der Waals surface area (Å²) in [5, 5.41) is 13.8. The summed E-state index contributed by atoms with van der Waals surface area (Å²) in [5.74, 6) is 1.39. The SMILES string of the molecule is COc1ccc(OCC(=O)NCCc2ccc3c(c2)OCCO3)c([N+](=O)[O-])c1. The average Bonchev–Trinajstić information content (AvgIpc) is 2.72. The van der Waals surface area contributed by atoms with E-state index in [9.17, 15) is 14.9 Å². The van der Waals surface area contributed by atoms with Crippen molar-refractivity contribution in [3.63, 3.8) is 0 Å². The van der Waals surface area contributed by atoms with Crippen LogP contribution in [0.1, 0.15) is 5.56 Å². The molecular formula is C19H20N2O7. The lowest BCUT2D eigenvalue weighted by molar-refractivity contribution is -0.385. The molecule has 1 aliphatic heterocycles. The van der Waals surface area contributed by atoms with Gasteiger partial charge in [-0.1, -0.05) is 6.07 Å². The Morgan fingerprint density at radius 1 is 1.18 bits per heavy atom. The summed E-state index contributed by atoms with van der Waals surface area (Å²) in [6.07, 6.45) is 0.602. The van der Waals surface area contributed by atoms with Crippen LogP contribution in [-0.2, 0) is 11.2 Å². The number of nitrogens with zero attached hydrogens (tertiary/aromatic N) is 1. The molecule has 0 radical (unpaired) electrons. The van der Waals surface area contributed by atoms with Crippen LogP contribution in [0.15, 0.2) is 36.4 Å². The van der Waals surface area contributed by atoms with Crippen LogP contribution in [-0.4, -0.2) is 44.3 Å². The van der Waals surface area contributed by atoms with Gasteiger partial charge in [-0.25, -0.2) is 0 Å². The van der Waals surface area contributed by atoms with E-state index in [4.69, 9.17) is 18.9 Å². The van der Waals surface area contributed by atoms with Gasteiger partial charge < -0.3 is 24.3 Å². The summed E-state index contributed by atoms with van der Waals surface area (Å²) >= 11 is 0. The van der Waals surface area contributed by atoms with Crippen molar-refractivity contribution in [2.75, 3.05) is 33.5 Å². The van der Waals surface area contributed by atoms with Crippen LogP contribution < -0.4 is 24.3 Å². The topological polar surface area (TPSA) is 109 Å². The van der Waals surface area contributed by atoms with Gasteiger partial charge in [0.05, 0.1) is 18.1 Å². The molecule has 0 spiro atoms. The molecule has 9 nitrogen and oxygen atoms in total. The molecule has 0 unspecified atom stereocenters. The van der Waals surface area contributed by atoms with Crippen molar-refractivity contribution in [1.82, 2.24) is 5.32 Å². The Hall–Kier alpha value is -3.49. The van der Waals surface area contributed by atoms with Gasteiger partial charge in [0.1, 0.15) is 19.0 Å². The van der Waals surface area contributed by atoms with Crippen LogP contribution in [0.4, 0.5) is 5.69 Å². The molecule has 0 fully saturated rings. The van der Waals surface area contributed by atoms with Gasteiger partial charge in [-0.15, -0.1) is 0 Å². The number of hydrogen-bond donors (Lipinski definition) is 1. The van der Waals surface area contributed by atoms with Crippen molar-refractivity contribution in [3.05, 3.63) is 52.1 Å². The minimum absolute atomic E-state index is 0.00721. The molecule has 148 valence electrons. The number of hydrogen-bond acceptors (Lipinski definition) is 7. The van der Waals surface area contributed by atoms with Crippen LogP contribution >= 0.6 is 0 Å². The van der Waals surface area contributed by atoms with E-state index >= 15 is 0 Å². The number of methoxy groups -OCH3 is 1. The van der Waals surface area contributed by atoms with Crippen molar-refractivity contribution in [1.29, 1.82) is 0 Å². The van der Waals surface area contributed by atoms with Crippen LogP contribution in [0.3, 0.4) is 0 Å². The van der Waals surface area contributed by atoms with Crippen LogP contribution in [0.2, 0.25) is 0 Å². The van der Waals surface area contributed by atoms with E-state index in [0.717, 1.165) is 5.56 Å². The normalized spacial score (nSPS) is 12.2. The highest BCUT2D eigenvalue weighted by Gasteiger charge is 2.17. The Bertz CT molecular complexity index is 869. The van der Waals surface area contributed by atoms with Crippen LogP contribution in [0, 0.1) is 10.1 Å². The maximum Gasteiger partial charge on any atom is 0.314 e. The summed E-state index contributed by atoms with van der Waals surface area (Å²) in [5.41, 5.74) is 0.736. The highest BCUT2D eigenvalue weighted by atomic mass is 16.6. The molecule has 28 heavy (non-hydrogen) atoms. The molecule has 1 N–H and O–H groups in total. The maximum absolute atomic E-state index is 12.0. The highest BCUT2D eigenvalue weighted by molar-refractivity contribution is 5.77. The molecular weight excluding hydrogens is 368 g/mol. The summed E-state index contributed by atoms with van der Waals surface area (Å²) < 4.78 is 21.2. The maximum atomic E-state index is 12.0. The van der Waals surface area contributed by atoms with E-state index in [0.29, 0.717) is 43.4 Å². The zero-order valence-corrected chi connectivity index (χ0v) is 15.3. The monoisotopic (exact) mass is 388 g/mol. The molecule has 1 amide bonds. The smallest absolute Gasteiger partial charge is 0.314 e. The van der Waals surface area contributed by atoms with Gasteiger partial charge >= 0.3 is 5.69 Å². The minimum atomic E-state index is -0.586. The zero-order chi connectivity index (χ0) is 19.9. The molecule has 0 atom stereocenters.